The van der Waals surface area contributed by atoms with Crippen LogP contribution >= 0.6 is 0 Å². The van der Waals surface area contributed by atoms with Crippen LogP contribution in [0.25, 0.3) is 10.9 Å². The Morgan fingerprint density at radius 3 is 2.73 bits per heavy atom. The van der Waals surface area contributed by atoms with Crippen molar-refractivity contribution in [2.75, 3.05) is 6.54 Å². The molecule has 0 radical (unpaired) electrons. The van der Waals surface area contributed by atoms with Crippen molar-refractivity contribution in [3.63, 3.8) is 0 Å². The maximum absolute atomic E-state index is 13.4. The Labute approximate surface area is 154 Å². The van der Waals surface area contributed by atoms with Crippen molar-refractivity contribution < 1.29 is 8.42 Å². The molecule has 2 aromatic carbocycles. The van der Waals surface area contributed by atoms with Crippen LogP contribution in [0.1, 0.15) is 24.0 Å². The average Bonchev–Trinajstić information content (AvgIpc) is 3.11. The summed E-state index contributed by atoms with van der Waals surface area (Å²) in [4.78, 5) is 4.74. The van der Waals surface area contributed by atoms with Gasteiger partial charge in [0, 0.05) is 24.2 Å². The predicted octanol–water partition coefficient (Wildman–Crippen LogP) is 3.94. The number of fused-ring (bicyclic) bond motifs is 1. The van der Waals surface area contributed by atoms with Gasteiger partial charge in [0.2, 0.25) is 10.0 Å². The van der Waals surface area contributed by atoms with Crippen molar-refractivity contribution in [2.45, 2.75) is 37.1 Å². The summed E-state index contributed by atoms with van der Waals surface area (Å²) in [5.41, 5.74) is 2.75. The van der Waals surface area contributed by atoms with E-state index in [9.17, 15) is 8.42 Å². The number of pyridine rings is 1. The molecule has 0 amide bonds. The maximum atomic E-state index is 13.4. The van der Waals surface area contributed by atoms with Gasteiger partial charge in [0.05, 0.1) is 5.52 Å². The number of sulfonamides is 1. The third kappa shape index (κ3) is 3.13. The lowest BCUT2D eigenvalue weighted by Crippen LogP contribution is -2.37. The molecular formula is C21H22N2O2S. The summed E-state index contributed by atoms with van der Waals surface area (Å²) in [6, 6.07) is 17.5. The Balaban J connectivity index is 1.72. The van der Waals surface area contributed by atoms with Crippen molar-refractivity contribution in [1.82, 2.24) is 9.29 Å². The Morgan fingerprint density at radius 2 is 1.92 bits per heavy atom. The van der Waals surface area contributed by atoms with E-state index < -0.39 is 10.0 Å². The largest absolute Gasteiger partial charge is 0.255 e. The molecule has 2 heterocycles. The summed E-state index contributed by atoms with van der Waals surface area (Å²) < 4.78 is 28.5. The van der Waals surface area contributed by atoms with Crippen LogP contribution in [0.2, 0.25) is 0 Å². The number of rotatable bonds is 4. The first kappa shape index (κ1) is 17.2. The topological polar surface area (TPSA) is 50.3 Å². The minimum Gasteiger partial charge on any atom is -0.255 e. The zero-order valence-electron chi connectivity index (χ0n) is 14.8. The predicted molar refractivity (Wildman–Crippen MR) is 104 cm³/mol. The van der Waals surface area contributed by atoms with Gasteiger partial charge >= 0.3 is 0 Å². The number of aryl methyl sites for hydroxylation is 1. The van der Waals surface area contributed by atoms with Crippen molar-refractivity contribution in [1.29, 1.82) is 0 Å². The fourth-order valence-electron chi connectivity index (χ4n) is 3.79. The van der Waals surface area contributed by atoms with Gasteiger partial charge < -0.3 is 0 Å². The van der Waals surface area contributed by atoms with Gasteiger partial charge in [-0.05, 0) is 49.4 Å². The van der Waals surface area contributed by atoms with Gasteiger partial charge in [-0.3, -0.25) is 4.98 Å². The van der Waals surface area contributed by atoms with Gasteiger partial charge in [0.15, 0.2) is 0 Å². The van der Waals surface area contributed by atoms with Crippen LogP contribution in [0.5, 0.6) is 0 Å². The normalized spacial score (nSPS) is 18.4. The summed E-state index contributed by atoms with van der Waals surface area (Å²) in [5.74, 6) is 0. The van der Waals surface area contributed by atoms with Gasteiger partial charge in [-0.1, -0.05) is 42.5 Å². The maximum Gasteiger partial charge on any atom is 0.245 e. The minimum atomic E-state index is -3.58. The van der Waals surface area contributed by atoms with Crippen LogP contribution in [-0.4, -0.2) is 30.3 Å². The van der Waals surface area contributed by atoms with Crippen LogP contribution in [0, 0.1) is 6.92 Å². The molecule has 4 rings (SSSR count). The van der Waals surface area contributed by atoms with E-state index in [-0.39, 0.29) is 6.04 Å². The lowest BCUT2D eigenvalue weighted by atomic mass is 10.1. The van der Waals surface area contributed by atoms with Gasteiger partial charge in [-0.2, -0.15) is 4.31 Å². The second-order valence-corrected chi connectivity index (χ2v) is 8.80. The molecular weight excluding hydrogens is 344 g/mol. The molecule has 1 saturated heterocycles. The third-order valence-electron chi connectivity index (χ3n) is 5.03. The lowest BCUT2D eigenvalue weighted by Gasteiger charge is -2.24. The fraction of sp³-hybridized carbons (Fsp3) is 0.286. The number of aromatic nitrogens is 1. The Morgan fingerprint density at radius 1 is 1.12 bits per heavy atom. The monoisotopic (exact) mass is 366 g/mol. The molecule has 0 unspecified atom stereocenters. The molecule has 1 aliphatic rings. The number of benzene rings is 2. The third-order valence-corrected chi connectivity index (χ3v) is 7.02. The van der Waals surface area contributed by atoms with Gasteiger partial charge in [-0.25, -0.2) is 8.42 Å². The Hall–Kier alpha value is -2.24. The molecule has 0 N–H and O–H groups in total. The molecule has 4 nitrogen and oxygen atoms in total. The number of para-hydroxylation sites is 1. The second-order valence-electron chi connectivity index (χ2n) is 6.94. The molecule has 1 aromatic heterocycles. The van der Waals surface area contributed by atoms with E-state index in [1.54, 1.807) is 22.6 Å². The summed E-state index contributed by atoms with van der Waals surface area (Å²) >= 11 is 0. The molecule has 5 heteroatoms. The highest BCUT2D eigenvalue weighted by Crippen LogP contribution is 2.31. The van der Waals surface area contributed by atoms with E-state index in [0.29, 0.717) is 17.0 Å². The summed E-state index contributed by atoms with van der Waals surface area (Å²) in [6.45, 7) is 2.53. The molecule has 1 fully saturated rings. The molecule has 26 heavy (non-hydrogen) atoms. The fourth-order valence-corrected chi connectivity index (χ4v) is 5.65. The van der Waals surface area contributed by atoms with E-state index in [2.05, 4.69) is 17.1 Å². The van der Waals surface area contributed by atoms with Crippen molar-refractivity contribution in [3.05, 3.63) is 71.9 Å². The van der Waals surface area contributed by atoms with E-state index in [1.165, 1.54) is 5.56 Å². The first-order valence-electron chi connectivity index (χ1n) is 8.97. The molecule has 0 aliphatic carbocycles. The molecule has 0 spiro atoms. The summed E-state index contributed by atoms with van der Waals surface area (Å²) in [7, 11) is -3.58. The lowest BCUT2D eigenvalue weighted by molar-refractivity contribution is 0.386. The first-order valence-corrected chi connectivity index (χ1v) is 10.4. The molecule has 1 atom stereocenters. The highest BCUT2D eigenvalue weighted by molar-refractivity contribution is 7.89. The SMILES string of the molecule is Cc1cnc2c(S(=O)(=O)N3CCC[C@@H]3Cc3ccccc3)cccc2c1. The first-order chi connectivity index (χ1) is 12.6. The zero-order chi connectivity index (χ0) is 18.1. The Kier molecular flexibility index (Phi) is 4.51. The van der Waals surface area contributed by atoms with E-state index in [0.717, 1.165) is 30.2 Å². The highest BCUT2D eigenvalue weighted by Gasteiger charge is 2.36. The number of nitrogens with zero attached hydrogens (tertiary/aromatic N) is 2. The van der Waals surface area contributed by atoms with Crippen molar-refractivity contribution in [2.24, 2.45) is 0 Å². The average molecular weight is 366 g/mol. The van der Waals surface area contributed by atoms with Crippen LogP contribution in [0.15, 0.2) is 65.7 Å². The smallest absolute Gasteiger partial charge is 0.245 e. The standard InChI is InChI=1S/C21H22N2O2S/c1-16-13-18-9-5-11-20(21(18)22-15-16)26(24,25)23-12-6-10-19(23)14-17-7-3-2-4-8-17/h2-5,7-9,11,13,15,19H,6,10,12,14H2,1H3/t19-/m1/s1. The van der Waals surface area contributed by atoms with Crippen molar-refractivity contribution in [3.8, 4) is 0 Å². The molecule has 134 valence electrons. The van der Waals surface area contributed by atoms with Crippen LogP contribution < -0.4 is 0 Å². The van der Waals surface area contributed by atoms with Crippen molar-refractivity contribution >= 4 is 20.9 Å². The number of hydrogen-bond donors (Lipinski definition) is 0. The highest BCUT2D eigenvalue weighted by atomic mass is 32.2. The van der Waals surface area contributed by atoms with Crippen LogP contribution in [-0.2, 0) is 16.4 Å². The minimum absolute atomic E-state index is 0.00287. The van der Waals surface area contributed by atoms with E-state index in [1.807, 2.05) is 37.3 Å². The van der Waals surface area contributed by atoms with E-state index >= 15 is 0 Å². The number of hydrogen-bond acceptors (Lipinski definition) is 3. The molecule has 1 aliphatic heterocycles. The zero-order valence-corrected chi connectivity index (χ0v) is 15.6. The van der Waals surface area contributed by atoms with Gasteiger partial charge in [0.1, 0.15) is 4.90 Å². The molecule has 0 saturated carbocycles. The van der Waals surface area contributed by atoms with Gasteiger partial charge in [0.25, 0.3) is 0 Å². The second kappa shape index (κ2) is 6.82. The van der Waals surface area contributed by atoms with Crippen LogP contribution in [0.3, 0.4) is 0 Å². The Bertz CT molecular complexity index is 1030. The van der Waals surface area contributed by atoms with E-state index in [4.69, 9.17) is 0 Å². The molecule has 3 aromatic rings. The summed E-state index contributed by atoms with van der Waals surface area (Å²) in [5, 5.41) is 0.866. The van der Waals surface area contributed by atoms with Gasteiger partial charge in [-0.15, -0.1) is 0 Å². The molecule has 0 bridgehead atoms. The van der Waals surface area contributed by atoms with Crippen LogP contribution in [0.4, 0.5) is 0 Å². The quantitative estimate of drug-likeness (QED) is 0.703. The summed E-state index contributed by atoms with van der Waals surface area (Å²) in [6.07, 6.45) is 4.27.